The van der Waals surface area contributed by atoms with Crippen molar-refractivity contribution >= 4 is 5.91 Å². The number of nitrogens with two attached hydrogens (primary N) is 1. The molecule has 0 bridgehead atoms. The highest BCUT2D eigenvalue weighted by Crippen LogP contribution is 2.17. The van der Waals surface area contributed by atoms with Crippen molar-refractivity contribution in [3.05, 3.63) is 17.7 Å². The molecule has 0 unspecified atom stereocenters. The molecule has 12 heavy (non-hydrogen) atoms. The van der Waals surface area contributed by atoms with E-state index in [0.717, 1.165) is 5.82 Å². The van der Waals surface area contributed by atoms with Gasteiger partial charge in [-0.3, -0.25) is 4.79 Å². The number of nitrogens with zero attached hydrogens (tertiary/aromatic N) is 1. The summed E-state index contributed by atoms with van der Waals surface area (Å²) in [6.45, 7) is 6.03. The van der Waals surface area contributed by atoms with Crippen molar-refractivity contribution in [1.82, 2.24) is 9.97 Å². The zero-order valence-corrected chi connectivity index (χ0v) is 7.51. The van der Waals surface area contributed by atoms with Crippen molar-refractivity contribution < 1.29 is 4.79 Å². The lowest BCUT2D eigenvalue weighted by Crippen LogP contribution is -2.15. The van der Waals surface area contributed by atoms with Crippen LogP contribution in [0.2, 0.25) is 0 Å². The topological polar surface area (TPSA) is 71.8 Å². The van der Waals surface area contributed by atoms with Crippen molar-refractivity contribution in [2.45, 2.75) is 26.2 Å². The molecule has 0 fully saturated rings. The second-order valence-corrected chi connectivity index (χ2v) is 3.75. The van der Waals surface area contributed by atoms with Crippen molar-refractivity contribution in [3.63, 3.8) is 0 Å². The number of carbonyl (C=O) groups excluding carboxylic acids is 1. The lowest BCUT2D eigenvalue weighted by atomic mass is 9.96. The number of rotatable bonds is 1. The highest BCUT2D eigenvalue weighted by molar-refractivity contribution is 5.90. The average Bonchev–Trinajstić information content (AvgIpc) is 2.30. The first kappa shape index (κ1) is 8.77. The van der Waals surface area contributed by atoms with Crippen LogP contribution in [0.15, 0.2) is 6.20 Å². The molecule has 1 heterocycles. The number of aromatic amines is 1. The first-order valence-corrected chi connectivity index (χ1v) is 3.77. The molecule has 0 atom stereocenters. The lowest BCUT2D eigenvalue weighted by Gasteiger charge is -2.13. The fourth-order valence-corrected chi connectivity index (χ4v) is 0.832. The number of hydrogen-bond acceptors (Lipinski definition) is 2. The van der Waals surface area contributed by atoms with Gasteiger partial charge in [0.2, 0.25) is 0 Å². The largest absolute Gasteiger partial charge is 0.364 e. The van der Waals surface area contributed by atoms with Crippen LogP contribution >= 0.6 is 0 Å². The minimum atomic E-state index is -0.498. The zero-order valence-electron chi connectivity index (χ0n) is 7.51. The molecule has 0 aliphatic carbocycles. The summed E-state index contributed by atoms with van der Waals surface area (Å²) >= 11 is 0. The fraction of sp³-hybridized carbons (Fsp3) is 0.500. The molecule has 1 aromatic rings. The Bertz CT molecular complexity index is 295. The maximum Gasteiger partial charge on any atom is 0.268 e. The van der Waals surface area contributed by atoms with Crippen LogP contribution in [0, 0.1) is 0 Å². The molecule has 4 nitrogen and oxygen atoms in total. The molecule has 0 saturated heterocycles. The molecule has 0 aliphatic heterocycles. The summed E-state index contributed by atoms with van der Waals surface area (Å²) in [5.41, 5.74) is 5.26. The number of carbonyl (C=O) groups is 1. The Balaban J connectivity index is 3.00. The molecule has 66 valence electrons. The van der Waals surface area contributed by atoms with Gasteiger partial charge < -0.3 is 10.7 Å². The van der Waals surface area contributed by atoms with Crippen LogP contribution in [0.5, 0.6) is 0 Å². The van der Waals surface area contributed by atoms with Crippen LogP contribution < -0.4 is 5.73 Å². The molecular formula is C8H13N3O. The Morgan fingerprint density at radius 3 is 2.42 bits per heavy atom. The van der Waals surface area contributed by atoms with E-state index in [0.29, 0.717) is 5.69 Å². The van der Waals surface area contributed by atoms with E-state index in [1.807, 2.05) is 20.8 Å². The molecular weight excluding hydrogens is 154 g/mol. The van der Waals surface area contributed by atoms with Gasteiger partial charge in [0.1, 0.15) is 11.5 Å². The summed E-state index contributed by atoms with van der Waals surface area (Å²) in [4.78, 5) is 17.6. The molecule has 1 aromatic heterocycles. The van der Waals surface area contributed by atoms with Gasteiger partial charge in [-0.25, -0.2) is 4.98 Å². The van der Waals surface area contributed by atoms with Crippen LogP contribution in [-0.2, 0) is 5.41 Å². The molecule has 0 radical (unpaired) electrons. The van der Waals surface area contributed by atoms with Gasteiger partial charge in [-0.1, -0.05) is 20.8 Å². The van der Waals surface area contributed by atoms with Gasteiger partial charge in [-0.05, 0) is 0 Å². The number of nitrogens with one attached hydrogen (secondary N) is 1. The summed E-state index contributed by atoms with van der Waals surface area (Å²) in [5, 5.41) is 0. The summed E-state index contributed by atoms with van der Waals surface area (Å²) in [6.07, 6.45) is 1.53. The number of imidazole rings is 1. The van der Waals surface area contributed by atoms with Crippen LogP contribution in [0.25, 0.3) is 0 Å². The van der Waals surface area contributed by atoms with E-state index in [1.54, 1.807) is 0 Å². The number of H-pyrrole nitrogens is 1. The van der Waals surface area contributed by atoms with Gasteiger partial charge in [0.25, 0.3) is 5.91 Å². The van der Waals surface area contributed by atoms with E-state index < -0.39 is 5.91 Å². The molecule has 0 aromatic carbocycles. The Morgan fingerprint density at radius 2 is 2.17 bits per heavy atom. The Hall–Kier alpha value is -1.32. The standard InChI is InChI=1S/C8H13N3O/c1-8(2,3)7-10-4-5(11-7)6(9)12/h4H,1-3H3,(H2,9,12)(H,10,11). The molecule has 0 spiro atoms. The second-order valence-electron chi connectivity index (χ2n) is 3.75. The highest BCUT2D eigenvalue weighted by Gasteiger charge is 2.18. The van der Waals surface area contributed by atoms with Gasteiger partial charge in [0.15, 0.2) is 0 Å². The third-order valence-electron chi connectivity index (χ3n) is 1.54. The monoisotopic (exact) mass is 167 g/mol. The maximum atomic E-state index is 10.7. The normalized spacial score (nSPS) is 11.6. The van der Waals surface area contributed by atoms with Gasteiger partial charge in [0, 0.05) is 11.6 Å². The van der Waals surface area contributed by atoms with Crippen molar-refractivity contribution in [2.24, 2.45) is 5.73 Å². The quantitative estimate of drug-likeness (QED) is 0.649. The fourth-order valence-electron chi connectivity index (χ4n) is 0.832. The first-order chi connectivity index (χ1) is 5.41. The summed E-state index contributed by atoms with van der Waals surface area (Å²) in [5.74, 6) is 0.276. The molecule has 1 rings (SSSR count). The van der Waals surface area contributed by atoms with Crippen LogP contribution in [0.4, 0.5) is 0 Å². The number of hydrogen-bond donors (Lipinski definition) is 2. The Kier molecular flexibility index (Phi) is 1.92. The molecule has 1 amide bonds. The van der Waals surface area contributed by atoms with Crippen molar-refractivity contribution in [1.29, 1.82) is 0 Å². The summed E-state index contributed by atoms with van der Waals surface area (Å²) in [7, 11) is 0. The van der Waals surface area contributed by atoms with Crippen molar-refractivity contribution in [2.75, 3.05) is 0 Å². The maximum absolute atomic E-state index is 10.7. The van der Waals surface area contributed by atoms with Crippen LogP contribution in [-0.4, -0.2) is 15.9 Å². The van der Waals surface area contributed by atoms with Gasteiger partial charge >= 0.3 is 0 Å². The SMILES string of the molecule is CC(C)(C)c1nc(C(N)=O)c[nH]1. The Labute approximate surface area is 71.2 Å². The number of amides is 1. The molecule has 0 aliphatic rings. The molecule has 3 N–H and O–H groups in total. The van der Waals surface area contributed by atoms with E-state index in [-0.39, 0.29) is 5.41 Å². The minimum Gasteiger partial charge on any atom is -0.364 e. The van der Waals surface area contributed by atoms with Gasteiger partial charge in [-0.15, -0.1) is 0 Å². The summed E-state index contributed by atoms with van der Waals surface area (Å²) in [6, 6.07) is 0. The van der Waals surface area contributed by atoms with E-state index in [9.17, 15) is 4.79 Å². The third-order valence-corrected chi connectivity index (χ3v) is 1.54. The van der Waals surface area contributed by atoms with E-state index in [1.165, 1.54) is 6.20 Å². The van der Waals surface area contributed by atoms with E-state index in [4.69, 9.17) is 5.73 Å². The summed E-state index contributed by atoms with van der Waals surface area (Å²) < 4.78 is 0. The smallest absolute Gasteiger partial charge is 0.268 e. The predicted molar refractivity (Wildman–Crippen MR) is 45.8 cm³/mol. The van der Waals surface area contributed by atoms with Gasteiger partial charge in [0.05, 0.1) is 0 Å². The van der Waals surface area contributed by atoms with Crippen LogP contribution in [0.1, 0.15) is 37.1 Å². The average molecular weight is 167 g/mol. The number of primary amides is 1. The van der Waals surface area contributed by atoms with E-state index >= 15 is 0 Å². The highest BCUT2D eigenvalue weighted by atomic mass is 16.1. The second kappa shape index (κ2) is 2.62. The Morgan fingerprint density at radius 1 is 1.58 bits per heavy atom. The van der Waals surface area contributed by atoms with Gasteiger partial charge in [-0.2, -0.15) is 0 Å². The first-order valence-electron chi connectivity index (χ1n) is 3.77. The third kappa shape index (κ3) is 1.64. The molecule has 0 saturated carbocycles. The van der Waals surface area contributed by atoms with Crippen molar-refractivity contribution in [3.8, 4) is 0 Å². The molecule has 4 heteroatoms. The zero-order chi connectivity index (χ0) is 9.35. The lowest BCUT2D eigenvalue weighted by molar-refractivity contribution is 0.0996. The predicted octanol–water partition coefficient (Wildman–Crippen LogP) is 0.806. The van der Waals surface area contributed by atoms with E-state index in [2.05, 4.69) is 9.97 Å². The minimum absolute atomic E-state index is 0.0757. The van der Waals surface area contributed by atoms with Crippen LogP contribution in [0.3, 0.4) is 0 Å². The number of aromatic nitrogens is 2.